The van der Waals surface area contributed by atoms with Gasteiger partial charge in [-0.15, -0.1) is 0 Å². The van der Waals surface area contributed by atoms with Gasteiger partial charge in [-0.2, -0.15) is 0 Å². The van der Waals surface area contributed by atoms with Crippen LogP contribution in [0.3, 0.4) is 0 Å². The molecule has 0 atom stereocenters. The summed E-state index contributed by atoms with van der Waals surface area (Å²) in [5.74, 6) is 1.18. The van der Waals surface area contributed by atoms with Crippen molar-refractivity contribution in [3.05, 3.63) is 41.7 Å². The molecule has 0 spiro atoms. The zero-order valence-corrected chi connectivity index (χ0v) is 17.6. The van der Waals surface area contributed by atoms with E-state index < -0.39 is 10.1 Å². The second-order valence-electron chi connectivity index (χ2n) is 8.01. The van der Waals surface area contributed by atoms with Crippen molar-refractivity contribution >= 4 is 15.8 Å². The molecule has 1 aliphatic carbocycles. The minimum atomic E-state index is -4.27. The normalized spacial score (nSPS) is 19.2. The highest BCUT2D eigenvalue weighted by Gasteiger charge is 2.32. The van der Waals surface area contributed by atoms with Crippen LogP contribution in [0.5, 0.6) is 0 Å². The van der Waals surface area contributed by atoms with Gasteiger partial charge >= 0.3 is 0 Å². The lowest BCUT2D eigenvalue weighted by atomic mass is 9.79. The van der Waals surface area contributed by atoms with Crippen molar-refractivity contribution in [2.45, 2.75) is 58.3 Å². The summed E-state index contributed by atoms with van der Waals surface area (Å²) in [6, 6.07) is 5.78. The van der Waals surface area contributed by atoms with Crippen molar-refractivity contribution < 1.29 is 22.3 Å². The molecule has 2 aliphatic rings. The zero-order valence-electron chi connectivity index (χ0n) is 16.8. The highest BCUT2D eigenvalue weighted by Crippen LogP contribution is 2.34. The molecule has 27 heavy (non-hydrogen) atoms. The van der Waals surface area contributed by atoms with Crippen molar-refractivity contribution in [3.8, 4) is 0 Å². The Kier molecular flexibility index (Phi) is 7.23. The van der Waals surface area contributed by atoms with Crippen LogP contribution in [0, 0.1) is 12.3 Å². The molecule has 0 amide bonds. The third-order valence-electron chi connectivity index (χ3n) is 4.79. The summed E-state index contributed by atoms with van der Waals surface area (Å²) in [6.07, 6.45) is 7.27. The van der Waals surface area contributed by atoms with E-state index in [1.807, 2.05) is 6.92 Å². The summed E-state index contributed by atoms with van der Waals surface area (Å²) in [4.78, 5) is -0.178. The fourth-order valence-corrected chi connectivity index (χ4v) is 3.97. The first-order chi connectivity index (χ1) is 12.6. The highest BCUT2D eigenvalue weighted by molar-refractivity contribution is 7.85. The number of aryl methyl sites for hydroxylation is 1. The molecule has 1 saturated heterocycles. The van der Waals surface area contributed by atoms with Crippen LogP contribution in [0.1, 0.15) is 52.0 Å². The second kappa shape index (κ2) is 9.02. The summed E-state index contributed by atoms with van der Waals surface area (Å²) in [7, 11) is -4.27. The lowest BCUT2D eigenvalue weighted by Crippen LogP contribution is -2.29. The Bertz CT molecular complexity index is 797. The maximum absolute atomic E-state index is 10.4. The number of allylic oxidation sites excluding steroid dienone is 2. The number of nitrogens with zero attached hydrogens (tertiary/aromatic N) is 1. The van der Waals surface area contributed by atoms with Gasteiger partial charge in [-0.05, 0) is 31.4 Å². The lowest BCUT2D eigenvalue weighted by molar-refractivity contribution is -0.507. The molecule has 1 aromatic carbocycles. The molecule has 1 fully saturated rings. The van der Waals surface area contributed by atoms with Crippen LogP contribution in [0.2, 0.25) is 0 Å². The first-order valence-corrected chi connectivity index (χ1v) is 11.0. The quantitative estimate of drug-likeness (QED) is 0.577. The molecule has 3 rings (SSSR count). The molecule has 0 N–H and O–H groups in total. The van der Waals surface area contributed by atoms with E-state index in [1.165, 1.54) is 56.0 Å². The standard InChI is InChI=1S/C14H24NO.C7H8O3S/c1-4-16-13-9-12(10-14(2,3)11-13)15-7-5-6-8-15;1-6-2-4-7(5-3-6)11(8,9)10/h9H,4-8,10-11H2,1-3H3;2-5H,1H3,(H,8,9,10)/q+1;/p-1. The van der Waals surface area contributed by atoms with Gasteiger partial charge in [-0.25, -0.2) is 13.0 Å². The predicted molar refractivity (Wildman–Crippen MR) is 106 cm³/mol. The molecule has 0 radical (unpaired) electrons. The highest BCUT2D eigenvalue weighted by atomic mass is 32.2. The summed E-state index contributed by atoms with van der Waals surface area (Å²) in [6.45, 7) is 11.8. The van der Waals surface area contributed by atoms with E-state index in [4.69, 9.17) is 4.74 Å². The summed E-state index contributed by atoms with van der Waals surface area (Å²) in [5.41, 5.74) is 2.78. The van der Waals surface area contributed by atoms with E-state index in [1.54, 1.807) is 12.1 Å². The average molecular weight is 394 g/mol. The van der Waals surface area contributed by atoms with Gasteiger partial charge in [-0.3, -0.25) is 0 Å². The predicted octanol–water partition coefficient (Wildman–Crippen LogP) is 3.87. The smallest absolute Gasteiger partial charge is 0.179 e. The molecule has 5 nitrogen and oxygen atoms in total. The SMILES string of the molecule is CCOC1=CC(=[N+]2CCCC2)CC(C)(C)C1.Cc1ccc(S(=O)(=O)[O-])cc1. The van der Waals surface area contributed by atoms with E-state index in [0.717, 1.165) is 18.6 Å². The Morgan fingerprint density at radius 2 is 1.70 bits per heavy atom. The van der Waals surface area contributed by atoms with Gasteiger partial charge in [0.2, 0.25) is 0 Å². The Morgan fingerprint density at radius 3 is 2.22 bits per heavy atom. The number of rotatable bonds is 3. The second-order valence-corrected chi connectivity index (χ2v) is 9.39. The van der Waals surface area contributed by atoms with Gasteiger partial charge in [-0.1, -0.05) is 31.5 Å². The van der Waals surface area contributed by atoms with Gasteiger partial charge in [0.15, 0.2) is 5.71 Å². The molecule has 1 aliphatic heterocycles. The molecular formula is C21H31NO4S. The molecular weight excluding hydrogens is 362 g/mol. The summed E-state index contributed by atoms with van der Waals surface area (Å²) in [5, 5.41) is 0. The van der Waals surface area contributed by atoms with Crippen molar-refractivity contribution in [2.24, 2.45) is 5.41 Å². The first-order valence-electron chi connectivity index (χ1n) is 9.57. The van der Waals surface area contributed by atoms with Crippen LogP contribution < -0.4 is 0 Å². The fraction of sp³-hybridized carbons (Fsp3) is 0.571. The van der Waals surface area contributed by atoms with E-state index >= 15 is 0 Å². The van der Waals surface area contributed by atoms with E-state index in [9.17, 15) is 13.0 Å². The van der Waals surface area contributed by atoms with Crippen LogP contribution in [0.4, 0.5) is 0 Å². The average Bonchev–Trinajstić information content (AvgIpc) is 3.08. The van der Waals surface area contributed by atoms with Crippen molar-refractivity contribution in [2.75, 3.05) is 19.7 Å². The Labute approximate surface area is 163 Å². The van der Waals surface area contributed by atoms with Gasteiger partial charge in [0.1, 0.15) is 29.0 Å². The topological polar surface area (TPSA) is 69.4 Å². The van der Waals surface area contributed by atoms with E-state index in [2.05, 4.69) is 31.4 Å². The maximum Gasteiger partial charge on any atom is 0.179 e. The van der Waals surface area contributed by atoms with Gasteiger partial charge in [0, 0.05) is 31.8 Å². The Balaban J connectivity index is 0.000000208. The number of ether oxygens (including phenoxy) is 1. The summed E-state index contributed by atoms with van der Waals surface area (Å²) >= 11 is 0. The molecule has 0 aromatic heterocycles. The van der Waals surface area contributed by atoms with Crippen LogP contribution in [-0.4, -0.2) is 43.0 Å². The minimum Gasteiger partial charge on any atom is -0.744 e. The van der Waals surface area contributed by atoms with Crippen LogP contribution in [0.25, 0.3) is 0 Å². The monoisotopic (exact) mass is 393 g/mol. The number of benzene rings is 1. The number of hydrogen-bond acceptors (Lipinski definition) is 4. The van der Waals surface area contributed by atoms with Gasteiger partial charge < -0.3 is 9.29 Å². The van der Waals surface area contributed by atoms with Crippen LogP contribution >= 0.6 is 0 Å². The van der Waals surface area contributed by atoms with Crippen molar-refractivity contribution in [1.29, 1.82) is 0 Å². The summed E-state index contributed by atoms with van der Waals surface area (Å²) < 4.78 is 39.4. The fourth-order valence-electron chi connectivity index (χ4n) is 3.50. The van der Waals surface area contributed by atoms with Crippen molar-refractivity contribution in [3.63, 3.8) is 0 Å². The Hall–Kier alpha value is -1.66. The molecule has 6 heteroatoms. The molecule has 150 valence electrons. The van der Waals surface area contributed by atoms with E-state index in [-0.39, 0.29) is 4.90 Å². The zero-order chi connectivity index (χ0) is 20.1. The molecule has 0 unspecified atom stereocenters. The molecule has 0 saturated carbocycles. The minimum absolute atomic E-state index is 0.178. The van der Waals surface area contributed by atoms with Gasteiger partial charge in [0.05, 0.1) is 11.5 Å². The van der Waals surface area contributed by atoms with Gasteiger partial charge in [0.25, 0.3) is 0 Å². The maximum atomic E-state index is 10.4. The Morgan fingerprint density at radius 1 is 1.11 bits per heavy atom. The largest absolute Gasteiger partial charge is 0.744 e. The number of hydrogen-bond donors (Lipinski definition) is 0. The molecule has 1 aromatic rings. The third kappa shape index (κ3) is 6.78. The van der Waals surface area contributed by atoms with Crippen LogP contribution in [-0.2, 0) is 14.9 Å². The third-order valence-corrected chi connectivity index (χ3v) is 5.64. The molecule has 1 heterocycles. The van der Waals surface area contributed by atoms with E-state index in [0.29, 0.717) is 5.41 Å². The van der Waals surface area contributed by atoms with Crippen LogP contribution in [0.15, 0.2) is 41.0 Å². The first kappa shape index (κ1) is 21.6. The molecule has 0 bridgehead atoms. The van der Waals surface area contributed by atoms with Crippen molar-refractivity contribution in [1.82, 2.24) is 0 Å². The lowest BCUT2D eigenvalue weighted by Gasteiger charge is -2.28.